The van der Waals surface area contributed by atoms with E-state index in [-0.39, 0.29) is 5.75 Å². The van der Waals surface area contributed by atoms with Crippen LogP contribution in [0.5, 0.6) is 11.5 Å². The average molecular weight is 209 g/mol. The van der Waals surface area contributed by atoms with Crippen molar-refractivity contribution in [3.63, 3.8) is 0 Å². The van der Waals surface area contributed by atoms with Crippen molar-refractivity contribution in [1.82, 2.24) is 0 Å². The van der Waals surface area contributed by atoms with Crippen molar-refractivity contribution in [2.24, 2.45) is 0 Å². The molecule has 0 saturated carbocycles. The number of rotatable bonds is 1. The van der Waals surface area contributed by atoms with Gasteiger partial charge in [0, 0.05) is 5.39 Å². The van der Waals surface area contributed by atoms with E-state index < -0.39 is 0 Å². The van der Waals surface area contributed by atoms with Crippen molar-refractivity contribution in [2.75, 3.05) is 7.11 Å². The fourth-order valence-electron chi connectivity index (χ4n) is 1.47. The number of hydrogen-bond donors (Lipinski definition) is 1. The summed E-state index contributed by atoms with van der Waals surface area (Å²) in [4.78, 5) is 0. The van der Waals surface area contributed by atoms with Gasteiger partial charge in [-0.25, -0.2) is 0 Å². The van der Waals surface area contributed by atoms with Gasteiger partial charge in [-0.3, -0.25) is 0 Å². The van der Waals surface area contributed by atoms with E-state index in [1.54, 1.807) is 6.07 Å². The van der Waals surface area contributed by atoms with Gasteiger partial charge in [-0.1, -0.05) is 35.9 Å². The molecule has 0 fully saturated rings. The zero-order valence-electron chi connectivity index (χ0n) is 7.62. The Morgan fingerprint density at radius 3 is 2.71 bits per heavy atom. The van der Waals surface area contributed by atoms with Crippen molar-refractivity contribution in [3.8, 4) is 11.5 Å². The van der Waals surface area contributed by atoms with Crippen molar-refractivity contribution in [1.29, 1.82) is 0 Å². The van der Waals surface area contributed by atoms with Gasteiger partial charge in [0.2, 0.25) is 0 Å². The van der Waals surface area contributed by atoms with Crippen LogP contribution in [0.15, 0.2) is 30.3 Å². The third-order valence-corrected chi connectivity index (χ3v) is 2.42. The van der Waals surface area contributed by atoms with Crippen LogP contribution >= 0.6 is 11.6 Å². The van der Waals surface area contributed by atoms with Gasteiger partial charge in [-0.05, 0) is 11.5 Å². The maximum atomic E-state index is 9.82. The second-order valence-electron chi connectivity index (χ2n) is 2.96. The van der Waals surface area contributed by atoms with Crippen molar-refractivity contribution in [3.05, 3.63) is 35.4 Å². The average Bonchev–Trinajstić information content (AvgIpc) is 2.18. The lowest BCUT2D eigenvalue weighted by atomic mass is 10.1. The van der Waals surface area contributed by atoms with Gasteiger partial charge < -0.3 is 9.84 Å². The summed E-state index contributed by atoms with van der Waals surface area (Å²) in [7, 11) is 1.48. The van der Waals surface area contributed by atoms with Crippen LogP contribution in [0.2, 0.25) is 5.02 Å². The van der Waals surface area contributed by atoms with E-state index in [1.165, 1.54) is 7.11 Å². The zero-order valence-corrected chi connectivity index (χ0v) is 8.38. The van der Waals surface area contributed by atoms with E-state index in [9.17, 15) is 5.11 Å². The molecule has 0 heterocycles. The molecular formula is C11H9ClO2. The summed E-state index contributed by atoms with van der Waals surface area (Å²) < 4.78 is 5.00. The molecule has 2 aromatic carbocycles. The largest absolute Gasteiger partial charge is 0.504 e. The Bertz CT molecular complexity index is 480. The summed E-state index contributed by atoms with van der Waals surface area (Å²) in [6.07, 6.45) is 0. The van der Waals surface area contributed by atoms with Crippen LogP contribution in [0.3, 0.4) is 0 Å². The number of halogens is 1. The molecule has 0 amide bonds. The van der Waals surface area contributed by atoms with Gasteiger partial charge in [0.15, 0.2) is 11.5 Å². The summed E-state index contributed by atoms with van der Waals surface area (Å²) in [6, 6.07) is 9.24. The Labute approximate surface area is 86.7 Å². The molecule has 0 aliphatic carbocycles. The standard InChI is InChI=1S/C11H9ClO2/c1-14-11-9(12)6-7-4-2-3-5-8(7)10(11)13/h2-6,13H,1H3. The van der Waals surface area contributed by atoms with Gasteiger partial charge in [0.25, 0.3) is 0 Å². The summed E-state index contributed by atoms with van der Waals surface area (Å²) in [6.45, 7) is 0. The van der Waals surface area contributed by atoms with Crippen LogP contribution in [0.25, 0.3) is 10.8 Å². The van der Waals surface area contributed by atoms with E-state index in [0.29, 0.717) is 10.8 Å². The number of benzene rings is 2. The van der Waals surface area contributed by atoms with E-state index in [0.717, 1.165) is 10.8 Å². The number of phenols is 1. The molecule has 0 radical (unpaired) electrons. The minimum Gasteiger partial charge on any atom is -0.504 e. The molecule has 2 aromatic rings. The molecule has 0 bridgehead atoms. The highest BCUT2D eigenvalue weighted by atomic mass is 35.5. The minimum absolute atomic E-state index is 0.0931. The summed E-state index contributed by atoms with van der Waals surface area (Å²) >= 11 is 5.92. The quantitative estimate of drug-likeness (QED) is 0.780. The predicted molar refractivity (Wildman–Crippen MR) is 57.2 cm³/mol. The van der Waals surface area contributed by atoms with Crippen LogP contribution in [0, 0.1) is 0 Å². The van der Waals surface area contributed by atoms with Crippen molar-refractivity contribution < 1.29 is 9.84 Å². The van der Waals surface area contributed by atoms with Crippen LogP contribution in [-0.4, -0.2) is 12.2 Å². The number of phenolic OH excluding ortho intramolecular Hbond substituents is 1. The SMILES string of the molecule is COc1c(Cl)cc2ccccc2c1O. The molecule has 0 aromatic heterocycles. The molecular weight excluding hydrogens is 200 g/mol. The lowest BCUT2D eigenvalue weighted by molar-refractivity contribution is 0.377. The lowest BCUT2D eigenvalue weighted by Crippen LogP contribution is -1.86. The molecule has 1 N–H and O–H groups in total. The van der Waals surface area contributed by atoms with Crippen LogP contribution in [0.1, 0.15) is 0 Å². The summed E-state index contributed by atoms with van der Waals surface area (Å²) in [5, 5.41) is 11.9. The second kappa shape index (κ2) is 3.39. The molecule has 0 saturated heterocycles. The van der Waals surface area contributed by atoms with Gasteiger partial charge in [-0.2, -0.15) is 0 Å². The summed E-state index contributed by atoms with van der Waals surface area (Å²) in [5.41, 5.74) is 0. The first kappa shape index (κ1) is 9.16. The molecule has 0 unspecified atom stereocenters. The fourth-order valence-corrected chi connectivity index (χ4v) is 1.75. The zero-order chi connectivity index (χ0) is 10.1. The molecule has 3 heteroatoms. The van der Waals surface area contributed by atoms with Gasteiger partial charge in [0.05, 0.1) is 12.1 Å². The predicted octanol–water partition coefficient (Wildman–Crippen LogP) is 3.21. The molecule has 2 nitrogen and oxygen atoms in total. The number of ether oxygens (including phenoxy) is 1. The highest BCUT2D eigenvalue weighted by molar-refractivity contribution is 6.33. The maximum Gasteiger partial charge on any atom is 0.179 e. The Kier molecular flexibility index (Phi) is 2.22. The van der Waals surface area contributed by atoms with Gasteiger partial charge in [-0.15, -0.1) is 0 Å². The minimum atomic E-state index is 0.0931. The number of hydrogen-bond acceptors (Lipinski definition) is 2. The Morgan fingerprint density at radius 1 is 1.29 bits per heavy atom. The third-order valence-electron chi connectivity index (χ3n) is 2.13. The highest BCUT2D eigenvalue weighted by Crippen LogP contribution is 2.40. The van der Waals surface area contributed by atoms with Crippen LogP contribution in [0.4, 0.5) is 0 Å². The van der Waals surface area contributed by atoms with Crippen LogP contribution < -0.4 is 4.74 Å². The second-order valence-corrected chi connectivity index (χ2v) is 3.37. The smallest absolute Gasteiger partial charge is 0.179 e. The number of fused-ring (bicyclic) bond motifs is 1. The number of methoxy groups -OCH3 is 1. The summed E-state index contributed by atoms with van der Waals surface area (Å²) in [5.74, 6) is 0.418. The van der Waals surface area contributed by atoms with Gasteiger partial charge in [0.1, 0.15) is 0 Å². The molecule has 0 atom stereocenters. The normalized spacial score (nSPS) is 10.4. The molecule has 0 spiro atoms. The first-order chi connectivity index (χ1) is 6.74. The van der Waals surface area contributed by atoms with Gasteiger partial charge >= 0.3 is 0 Å². The highest BCUT2D eigenvalue weighted by Gasteiger charge is 2.10. The Morgan fingerprint density at radius 2 is 2.00 bits per heavy atom. The topological polar surface area (TPSA) is 29.5 Å². The van der Waals surface area contributed by atoms with Crippen LogP contribution in [-0.2, 0) is 0 Å². The lowest BCUT2D eigenvalue weighted by Gasteiger charge is -2.08. The molecule has 72 valence electrons. The third kappa shape index (κ3) is 1.28. The molecule has 14 heavy (non-hydrogen) atoms. The molecule has 2 rings (SSSR count). The fraction of sp³-hybridized carbons (Fsp3) is 0.0909. The Hall–Kier alpha value is -1.41. The first-order valence-electron chi connectivity index (χ1n) is 4.18. The van der Waals surface area contributed by atoms with Crippen molar-refractivity contribution in [2.45, 2.75) is 0 Å². The Balaban J connectivity index is 2.86. The van der Waals surface area contributed by atoms with E-state index in [1.807, 2.05) is 24.3 Å². The molecule has 0 aliphatic heterocycles. The van der Waals surface area contributed by atoms with Crippen molar-refractivity contribution >= 4 is 22.4 Å². The number of aromatic hydroxyl groups is 1. The molecule has 0 aliphatic rings. The van der Waals surface area contributed by atoms with E-state index in [2.05, 4.69) is 0 Å². The monoisotopic (exact) mass is 208 g/mol. The first-order valence-corrected chi connectivity index (χ1v) is 4.56. The maximum absolute atomic E-state index is 9.82. The van der Waals surface area contributed by atoms with E-state index >= 15 is 0 Å². The van der Waals surface area contributed by atoms with E-state index in [4.69, 9.17) is 16.3 Å².